The van der Waals surface area contributed by atoms with E-state index in [0.717, 1.165) is 10.4 Å². The SMILES string of the molecule is CN(C)S(=O)(=O)c1cccc(C(=O)NCC(F)(F)F)c1. The minimum absolute atomic E-state index is 0.155. The first-order valence-electron chi connectivity index (χ1n) is 5.41. The Bertz CT molecular complexity index is 597. The van der Waals surface area contributed by atoms with Crippen molar-refractivity contribution in [3.05, 3.63) is 29.8 Å². The number of nitrogens with zero attached hydrogens (tertiary/aromatic N) is 1. The molecule has 1 N–H and O–H groups in total. The molecule has 0 aromatic heterocycles. The number of alkyl halides is 3. The molecule has 1 aromatic carbocycles. The molecule has 0 spiro atoms. The Labute approximate surface area is 114 Å². The van der Waals surface area contributed by atoms with Crippen LogP contribution in [0.1, 0.15) is 10.4 Å². The predicted octanol–water partition coefficient (Wildman–Crippen LogP) is 1.23. The molecule has 112 valence electrons. The molecule has 1 aromatic rings. The average Bonchev–Trinajstić information content (AvgIpc) is 2.35. The minimum Gasteiger partial charge on any atom is -0.343 e. The van der Waals surface area contributed by atoms with Crippen molar-refractivity contribution in [2.75, 3.05) is 20.6 Å². The molecule has 1 rings (SSSR count). The number of benzene rings is 1. The van der Waals surface area contributed by atoms with Crippen molar-refractivity contribution in [2.45, 2.75) is 11.1 Å². The summed E-state index contributed by atoms with van der Waals surface area (Å²) in [6.07, 6.45) is -4.52. The van der Waals surface area contributed by atoms with Crippen LogP contribution in [0.3, 0.4) is 0 Å². The van der Waals surface area contributed by atoms with Crippen LogP contribution in [0.4, 0.5) is 13.2 Å². The Balaban J connectivity index is 2.97. The van der Waals surface area contributed by atoms with Crippen LogP contribution in [0.25, 0.3) is 0 Å². The van der Waals surface area contributed by atoms with Gasteiger partial charge in [-0.1, -0.05) is 6.07 Å². The van der Waals surface area contributed by atoms with Gasteiger partial charge in [0.2, 0.25) is 10.0 Å². The quantitative estimate of drug-likeness (QED) is 0.909. The molecule has 0 unspecified atom stereocenters. The summed E-state index contributed by atoms with van der Waals surface area (Å²) < 4.78 is 60.6. The van der Waals surface area contributed by atoms with Gasteiger partial charge < -0.3 is 5.32 Å². The van der Waals surface area contributed by atoms with Crippen LogP contribution in [-0.4, -0.2) is 45.4 Å². The summed E-state index contributed by atoms with van der Waals surface area (Å²) in [7, 11) is -1.12. The van der Waals surface area contributed by atoms with E-state index in [-0.39, 0.29) is 10.5 Å². The molecule has 5 nitrogen and oxygen atoms in total. The van der Waals surface area contributed by atoms with Crippen molar-refractivity contribution in [1.29, 1.82) is 0 Å². The molecule has 0 radical (unpaired) electrons. The molecule has 0 heterocycles. The number of carbonyl (C=O) groups excluding carboxylic acids is 1. The summed E-state index contributed by atoms with van der Waals surface area (Å²) >= 11 is 0. The zero-order valence-corrected chi connectivity index (χ0v) is 11.5. The van der Waals surface area contributed by atoms with E-state index >= 15 is 0 Å². The highest BCUT2D eigenvalue weighted by Crippen LogP contribution is 2.16. The van der Waals surface area contributed by atoms with Gasteiger partial charge in [-0.25, -0.2) is 12.7 Å². The van der Waals surface area contributed by atoms with Crippen LogP contribution in [0.15, 0.2) is 29.2 Å². The summed E-state index contributed by atoms with van der Waals surface area (Å²) in [5, 5.41) is 1.67. The van der Waals surface area contributed by atoms with E-state index in [1.54, 1.807) is 5.32 Å². The van der Waals surface area contributed by atoms with Gasteiger partial charge in [0, 0.05) is 19.7 Å². The van der Waals surface area contributed by atoms with E-state index in [2.05, 4.69) is 0 Å². The smallest absolute Gasteiger partial charge is 0.343 e. The number of amides is 1. The van der Waals surface area contributed by atoms with Gasteiger partial charge in [0.05, 0.1) is 4.90 Å². The lowest BCUT2D eigenvalue weighted by Gasteiger charge is -2.12. The van der Waals surface area contributed by atoms with Gasteiger partial charge in [0.1, 0.15) is 6.54 Å². The number of rotatable bonds is 4. The summed E-state index contributed by atoms with van der Waals surface area (Å²) in [5.74, 6) is -0.988. The molecule has 0 saturated heterocycles. The number of sulfonamides is 1. The van der Waals surface area contributed by atoms with Crippen LogP contribution in [0.5, 0.6) is 0 Å². The Hall–Kier alpha value is -1.61. The summed E-state index contributed by atoms with van der Waals surface area (Å²) in [6, 6.07) is 4.82. The van der Waals surface area contributed by atoms with E-state index < -0.39 is 28.7 Å². The second-order valence-corrected chi connectivity index (χ2v) is 6.26. The predicted molar refractivity (Wildman–Crippen MR) is 65.7 cm³/mol. The summed E-state index contributed by atoms with van der Waals surface area (Å²) in [6.45, 7) is -1.48. The first-order valence-corrected chi connectivity index (χ1v) is 6.85. The fourth-order valence-electron chi connectivity index (χ4n) is 1.29. The largest absolute Gasteiger partial charge is 0.405 e. The number of hydrogen-bond acceptors (Lipinski definition) is 3. The van der Waals surface area contributed by atoms with Crippen molar-refractivity contribution >= 4 is 15.9 Å². The summed E-state index contributed by atoms with van der Waals surface area (Å²) in [4.78, 5) is 11.4. The van der Waals surface area contributed by atoms with Crippen LogP contribution in [0.2, 0.25) is 0 Å². The Kier molecular flexibility index (Phi) is 4.77. The molecule has 0 aliphatic carbocycles. The van der Waals surface area contributed by atoms with Crippen molar-refractivity contribution in [3.63, 3.8) is 0 Å². The molecule has 1 amide bonds. The zero-order chi connectivity index (χ0) is 15.6. The molecular formula is C11H13F3N2O3S. The standard InChI is InChI=1S/C11H13F3N2O3S/c1-16(2)20(18,19)9-5-3-4-8(6-9)10(17)15-7-11(12,13)14/h3-6H,7H2,1-2H3,(H,15,17). The molecule has 0 fully saturated rings. The molecule has 0 aliphatic rings. The van der Waals surface area contributed by atoms with Crippen LogP contribution >= 0.6 is 0 Å². The lowest BCUT2D eigenvalue weighted by molar-refractivity contribution is -0.123. The summed E-state index contributed by atoms with van der Waals surface area (Å²) in [5.41, 5.74) is -0.155. The van der Waals surface area contributed by atoms with Crippen molar-refractivity contribution in [1.82, 2.24) is 9.62 Å². The van der Waals surface area contributed by atoms with Gasteiger partial charge in [-0.05, 0) is 18.2 Å². The van der Waals surface area contributed by atoms with Crippen LogP contribution in [-0.2, 0) is 10.0 Å². The van der Waals surface area contributed by atoms with Crippen LogP contribution < -0.4 is 5.32 Å². The number of carbonyl (C=O) groups is 1. The second-order valence-electron chi connectivity index (χ2n) is 4.11. The highest BCUT2D eigenvalue weighted by Gasteiger charge is 2.28. The van der Waals surface area contributed by atoms with Gasteiger partial charge in [-0.2, -0.15) is 13.2 Å². The third-order valence-electron chi connectivity index (χ3n) is 2.32. The van der Waals surface area contributed by atoms with E-state index in [4.69, 9.17) is 0 Å². The maximum absolute atomic E-state index is 12.0. The topological polar surface area (TPSA) is 66.5 Å². The maximum atomic E-state index is 12.0. The van der Waals surface area contributed by atoms with Gasteiger partial charge in [-0.15, -0.1) is 0 Å². The van der Waals surface area contributed by atoms with E-state index in [1.165, 1.54) is 32.3 Å². The third kappa shape index (κ3) is 4.20. The fourth-order valence-corrected chi connectivity index (χ4v) is 2.24. The molecule has 0 bridgehead atoms. The monoisotopic (exact) mass is 310 g/mol. The first kappa shape index (κ1) is 16.4. The molecule has 0 saturated carbocycles. The Morgan fingerprint density at radius 3 is 2.40 bits per heavy atom. The molecule has 9 heteroatoms. The highest BCUT2D eigenvalue weighted by atomic mass is 32.2. The van der Waals surface area contributed by atoms with Gasteiger partial charge >= 0.3 is 6.18 Å². The van der Waals surface area contributed by atoms with Gasteiger partial charge in [0.25, 0.3) is 5.91 Å². The van der Waals surface area contributed by atoms with Crippen molar-refractivity contribution in [2.24, 2.45) is 0 Å². The zero-order valence-electron chi connectivity index (χ0n) is 10.7. The highest BCUT2D eigenvalue weighted by molar-refractivity contribution is 7.89. The Morgan fingerprint density at radius 2 is 1.90 bits per heavy atom. The number of hydrogen-bond donors (Lipinski definition) is 1. The van der Waals surface area contributed by atoms with Gasteiger partial charge in [-0.3, -0.25) is 4.79 Å². The minimum atomic E-state index is -4.52. The number of halogens is 3. The molecule has 0 aliphatic heterocycles. The molecular weight excluding hydrogens is 297 g/mol. The molecule has 0 atom stereocenters. The van der Waals surface area contributed by atoms with E-state index in [9.17, 15) is 26.4 Å². The van der Waals surface area contributed by atoms with E-state index in [0.29, 0.717) is 0 Å². The molecule has 20 heavy (non-hydrogen) atoms. The van der Waals surface area contributed by atoms with Crippen molar-refractivity contribution < 1.29 is 26.4 Å². The van der Waals surface area contributed by atoms with Crippen LogP contribution in [0, 0.1) is 0 Å². The van der Waals surface area contributed by atoms with Gasteiger partial charge in [0.15, 0.2) is 0 Å². The van der Waals surface area contributed by atoms with Crippen molar-refractivity contribution in [3.8, 4) is 0 Å². The normalized spacial score (nSPS) is 12.5. The number of nitrogens with one attached hydrogen (secondary N) is 1. The third-order valence-corrected chi connectivity index (χ3v) is 4.14. The fraction of sp³-hybridized carbons (Fsp3) is 0.364. The maximum Gasteiger partial charge on any atom is 0.405 e. The lowest BCUT2D eigenvalue weighted by Crippen LogP contribution is -2.33. The second kappa shape index (κ2) is 5.80. The first-order chi connectivity index (χ1) is 9.04. The Morgan fingerprint density at radius 1 is 1.30 bits per heavy atom. The lowest BCUT2D eigenvalue weighted by atomic mass is 10.2. The van der Waals surface area contributed by atoms with E-state index in [1.807, 2.05) is 0 Å². The average molecular weight is 310 g/mol.